The number of hydrogen-bond acceptors (Lipinski definition) is 7. The van der Waals surface area contributed by atoms with Gasteiger partial charge in [-0.3, -0.25) is 19.3 Å². The van der Waals surface area contributed by atoms with Gasteiger partial charge in [0.1, 0.15) is 24.7 Å². The molecule has 8 nitrogen and oxygen atoms in total. The predicted molar refractivity (Wildman–Crippen MR) is 141 cm³/mol. The number of thioether (sulfide) groups is 1. The highest BCUT2D eigenvalue weighted by molar-refractivity contribution is 8.18. The molecule has 1 N–H and O–H groups in total. The van der Waals surface area contributed by atoms with E-state index in [1.165, 1.54) is 37.5 Å². The lowest BCUT2D eigenvalue weighted by Crippen LogP contribution is -2.36. The lowest BCUT2D eigenvalue weighted by Gasteiger charge is -2.13. The quantitative estimate of drug-likeness (QED) is 0.289. The van der Waals surface area contributed by atoms with Crippen LogP contribution in [0.25, 0.3) is 6.08 Å². The van der Waals surface area contributed by atoms with Gasteiger partial charge in [0.15, 0.2) is 0 Å². The van der Waals surface area contributed by atoms with E-state index in [1.807, 2.05) is 0 Å². The topological polar surface area (TPSA) is 102 Å². The summed E-state index contributed by atoms with van der Waals surface area (Å²) in [4.78, 5) is 50.5. The highest BCUT2D eigenvalue weighted by Gasteiger charge is 2.36. The molecule has 3 aromatic carbocycles. The van der Waals surface area contributed by atoms with Gasteiger partial charge in [0.25, 0.3) is 11.1 Å². The number of benzene rings is 3. The molecule has 0 unspecified atom stereocenters. The van der Waals surface area contributed by atoms with Gasteiger partial charge >= 0.3 is 5.97 Å². The number of anilines is 1. The zero-order chi connectivity index (χ0) is 27.2. The predicted octanol–water partition coefficient (Wildman–Crippen LogP) is 5.52. The van der Waals surface area contributed by atoms with Crippen LogP contribution < -0.4 is 10.1 Å². The maximum atomic E-state index is 13.7. The molecule has 0 aromatic heterocycles. The van der Waals surface area contributed by atoms with Gasteiger partial charge in [0, 0.05) is 11.3 Å². The van der Waals surface area contributed by atoms with Crippen LogP contribution in [0, 0.1) is 5.82 Å². The van der Waals surface area contributed by atoms with Crippen LogP contribution in [-0.4, -0.2) is 41.6 Å². The number of nitrogens with zero attached hydrogens (tertiary/aromatic N) is 1. The summed E-state index contributed by atoms with van der Waals surface area (Å²) in [5.41, 5.74) is 1.37. The van der Waals surface area contributed by atoms with E-state index < -0.39 is 29.6 Å². The number of ether oxygens (including phenoxy) is 2. The first-order valence-corrected chi connectivity index (χ1v) is 12.3. The normalized spacial score (nSPS) is 14.1. The summed E-state index contributed by atoms with van der Waals surface area (Å²) in [7, 11) is 1.20. The van der Waals surface area contributed by atoms with Crippen molar-refractivity contribution in [2.45, 2.75) is 6.61 Å². The van der Waals surface area contributed by atoms with Crippen molar-refractivity contribution in [3.63, 3.8) is 0 Å². The molecule has 0 atom stereocenters. The van der Waals surface area contributed by atoms with Gasteiger partial charge in [-0.25, -0.2) is 9.18 Å². The van der Waals surface area contributed by atoms with E-state index in [2.05, 4.69) is 10.1 Å². The van der Waals surface area contributed by atoms with Gasteiger partial charge in [0.2, 0.25) is 5.91 Å². The van der Waals surface area contributed by atoms with Crippen molar-refractivity contribution in [2.24, 2.45) is 0 Å². The van der Waals surface area contributed by atoms with E-state index in [4.69, 9.17) is 16.3 Å². The lowest BCUT2D eigenvalue weighted by molar-refractivity contribution is -0.127. The van der Waals surface area contributed by atoms with Crippen LogP contribution in [0.5, 0.6) is 5.75 Å². The van der Waals surface area contributed by atoms with Crippen LogP contribution in [0.1, 0.15) is 21.5 Å². The Morgan fingerprint density at radius 2 is 1.82 bits per heavy atom. The number of carbonyl (C=O) groups is 4. The average molecular weight is 555 g/mol. The minimum atomic E-state index is -0.674. The largest absolute Gasteiger partial charge is 0.489 e. The molecular formula is C27H20ClFN2O6S. The Hall–Kier alpha value is -4.15. The molecule has 0 spiro atoms. The Labute approximate surface area is 226 Å². The molecule has 1 saturated heterocycles. The van der Waals surface area contributed by atoms with Crippen LogP contribution >= 0.6 is 23.4 Å². The summed E-state index contributed by atoms with van der Waals surface area (Å²) in [5.74, 6) is -1.77. The van der Waals surface area contributed by atoms with Crippen molar-refractivity contribution in [3.05, 3.63) is 99.2 Å². The number of carbonyl (C=O) groups excluding carboxylic acids is 4. The summed E-state index contributed by atoms with van der Waals surface area (Å²) in [6.07, 6.45) is 1.53. The minimum Gasteiger partial charge on any atom is -0.489 e. The molecule has 1 fully saturated rings. The summed E-state index contributed by atoms with van der Waals surface area (Å²) in [6.45, 7) is -0.450. The van der Waals surface area contributed by atoms with Crippen LogP contribution in [-0.2, 0) is 20.9 Å². The van der Waals surface area contributed by atoms with E-state index in [1.54, 1.807) is 42.5 Å². The molecule has 4 rings (SSSR count). The van der Waals surface area contributed by atoms with E-state index in [-0.39, 0.29) is 33.6 Å². The highest BCUT2D eigenvalue weighted by Crippen LogP contribution is 2.32. The molecule has 0 aliphatic carbocycles. The monoisotopic (exact) mass is 554 g/mol. The van der Waals surface area contributed by atoms with Crippen molar-refractivity contribution in [3.8, 4) is 5.75 Å². The second-order valence-electron chi connectivity index (χ2n) is 7.95. The first-order chi connectivity index (χ1) is 18.2. The van der Waals surface area contributed by atoms with E-state index in [0.717, 1.165) is 4.90 Å². The zero-order valence-corrected chi connectivity index (χ0v) is 21.5. The number of rotatable bonds is 8. The number of halogens is 2. The molecule has 0 bridgehead atoms. The lowest BCUT2D eigenvalue weighted by atomic mass is 10.2. The van der Waals surface area contributed by atoms with E-state index >= 15 is 0 Å². The Morgan fingerprint density at radius 3 is 2.53 bits per heavy atom. The van der Waals surface area contributed by atoms with Crippen molar-refractivity contribution in [1.82, 2.24) is 4.90 Å². The SMILES string of the molecule is COC(=O)c1cc(NC(=O)CN2C(=O)S/C(=C/c3ccc(OCc4ccccc4F)cc3)C2=O)ccc1Cl. The number of methoxy groups -OCH3 is 1. The summed E-state index contributed by atoms with van der Waals surface area (Å²) in [5, 5.41) is 2.10. The Kier molecular flexibility index (Phi) is 8.45. The van der Waals surface area contributed by atoms with Crippen molar-refractivity contribution >= 4 is 58.1 Å². The fourth-order valence-electron chi connectivity index (χ4n) is 3.44. The van der Waals surface area contributed by atoms with Gasteiger partial charge in [-0.2, -0.15) is 0 Å². The Bertz CT molecular complexity index is 1440. The minimum absolute atomic E-state index is 0.0599. The van der Waals surface area contributed by atoms with E-state index in [0.29, 0.717) is 28.6 Å². The first kappa shape index (κ1) is 26.9. The number of nitrogens with one attached hydrogen (secondary N) is 1. The van der Waals surface area contributed by atoms with Crippen LogP contribution in [0.3, 0.4) is 0 Å². The third-order valence-electron chi connectivity index (χ3n) is 5.36. The molecule has 1 aliphatic rings. The molecule has 38 heavy (non-hydrogen) atoms. The molecule has 1 heterocycles. The second-order valence-corrected chi connectivity index (χ2v) is 9.35. The fraction of sp³-hybridized carbons (Fsp3) is 0.111. The second kappa shape index (κ2) is 11.9. The molecular weight excluding hydrogens is 535 g/mol. The fourth-order valence-corrected chi connectivity index (χ4v) is 4.47. The summed E-state index contributed by atoms with van der Waals surface area (Å²) in [6, 6.07) is 17.3. The molecule has 3 aromatic rings. The number of esters is 1. The smallest absolute Gasteiger partial charge is 0.339 e. The van der Waals surface area contributed by atoms with Gasteiger partial charge < -0.3 is 14.8 Å². The standard InChI is InChI=1S/C27H20ClFN2O6S/c1-36-26(34)20-13-18(8-11-21(20)28)30-24(32)14-31-25(33)23(38-27(31)35)12-16-6-9-19(10-7-16)37-15-17-4-2-3-5-22(17)29/h2-13H,14-15H2,1H3,(H,30,32)/b23-12+. The summed E-state index contributed by atoms with van der Waals surface area (Å²) >= 11 is 6.70. The van der Waals surface area contributed by atoms with Gasteiger partial charge in [-0.05, 0) is 59.8 Å². The van der Waals surface area contributed by atoms with Gasteiger partial charge in [0.05, 0.1) is 22.6 Å². The van der Waals surface area contributed by atoms with Crippen LogP contribution in [0.2, 0.25) is 5.02 Å². The highest BCUT2D eigenvalue weighted by atomic mass is 35.5. The van der Waals surface area contributed by atoms with Crippen molar-refractivity contribution < 1.29 is 33.0 Å². The van der Waals surface area contributed by atoms with E-state index in [9.17, 15) is 23.6 Å². The zero-order valence-electron chi connectivity index (χ0n) is 19.9. The number of imide groups is 1. The average Bonchev–Trinajstić information content (AvgIpc) is 3.16. The summed E-state index contributed by atoms with van der Waals surface area (Å²) < 4.78 is 24.0. The molecule has 1 aliphatic heterocycles. The van der Waals surface area contributed by atoms with Crippen molar-refractivity contribution in [1.29, 1.82) is 0 Å². The van der Waals surface area contributed by atoms with Crippen LogP contribution in [0.4, 0.5) is 14.9 Å². The first-order valence-electron chi connectivity index (χ1n) is 11.1. The van der Waals surface area contributed by atoms with Crippen molar-refractivity contribution in [2.75, 3.05) is 19.0 Å². The number of hydrogen-bond donors (Lipinski definition) is 1. The third-order valence-corrected chi connectivity index (χ3v) is 6.60. The Morgan fingerprint density at radius 1 is 1.08 bits per heavy atom. The molecule has 11 heteroatoms. The van der Waals surface area contributed by atoms with Gasteiger partial charge in [-0.1, -0.05) is 41.9 Å². The molecule has 194 valence electrons. The number of amides is 3. The Balaban J connectivity index is 1.37. The molecule has 3 amide bonds. The maximum absolute atomic E-state index is 13.7. The third kappa shape index (κ3) is 6.39. The molecule has 0 radical (unpaired) electrons. The maximum Gasteiger partial charge on any atom is 0.339 e. The van der Waals surface area contributed by atoms with Gasteiger partial charge in [-0.15, -0.1) is 0 Å². The van der Waals surface area contributed by atoms with Crippen LogP contribution in [0.15, 0.2) is 71.6 Å². The molecule has 0 saturated carbocycles.